The molecule has 1 aromatic heterocycles. The highest BCUT2D eigenvalue weighted by atomic mass is 127. The number of halogens is 1. The summed E-state index contributed by atoms with van der Waals surface area (Å²) in [6, 6.07) is 10.3. The maximum absolute atomic E-state index is 12.2. The second-order valence-corrected chi connectivity index (χ2v) is 6.26. The van der Waals surface area contributed by atoms with Crippen LogP contribution in [0, 0.1) is 3.57 Å². The van der Waals surface area contributed by atoms with Crippen LogP contribution in [0.25, 0.3) is 0 Å². The van der Waals surface area contributed by atoms with E-state index in [2.05, 4.69) is 53.6 Å². The molecule has 0 amide bonds. The highest BCUT2D eigenvalue weighted by Gasteiger charge is 2.33. The summed E-state index contributed by atoms with van der Waals surface area (Å²) in [5, 5.41) is 0. The average molecular weight is 396 g/mol. The third kappa shape index (κ3) is 2.91. The van der Waals surface area contributed by atoms with Crippen molar-refractivity contribution in [2.45, 2.75) is 45.4 Å². The Morgan fingerprint density at radius 1 is 1.14 bits per heavy atom. The SMILES string of the molecule is CCc1nc(C(CC)(CC)c2ccccc2)[nH]c(=O)c1I. The zero-order chi connectivity index (χ0) is 15.5. The molecule has 2 aromatic rings. The zero-order valence-corrected chi connectivity index (χ0v) is 14.9. The lowest BCUT2D eigenvalue weighted by Crippen LogP contribution is -2.32. The van der Waals surface area contributed by atoms with Crippen LogP contribution in [0.15, 0.2) is 35.1 Å². The first kappa shape index (κ1) is 16.2. The zero-order valence-electron chi connectivity index (χ0n) is 12.7. The highest BCUT2D eigenvalue weighted by Crippen LogP contribution is 2.36. The first-order valence-corrected chi connectivity index (χ1v) is 8.51. The van der Waals surface area contributed by atoms with E-state index in [-0.39, 0.29) is 11.0 Å². The molecule has 1 heterocycles. The van der Waals surface area contributed by atoms with E-state index in [0.29, 0.717) is 3.57 Å². The third-order valence-corrected chi connectivity index (χ3v) is 5.37. The summed E-state index contributed by atoms with van der Waals surface area (Å²) < 4.78 is 0.702. The Kier molecular flexibility index (Phi) is 5.19. The van der Waals surface area contributed by atoms with Crippen molar-refractivity contribution in [2.75, 3.05) is 0 Å². The van der Waals surface area contributed by atoms with Gasteiger partial charge in [-0.05, 0) is 47.4 Å². The van der Waals surface area contributed by atoms with Crippen LogP contribution in [0.5, 0.6) is 0 Å². The van der Waals surface area contributed by atoms with Crippen LogP contribution in [0.3, 0.4) is 0 Å². The van der Waals surface area contributed by atoms with Gasteiger partial charge in [-0.2, -0.15) is 0 Å². The van der Waals surface area contributed by atoms with Crippen molar-refractivity contribution in [3.8, 4) is 0 Å². The van der Waals surface area contributed by atoms with Crippen molar-refractivity contribution in [1.82, 2.24) is 9.97 Å². The van der Waals surface area contributed by atoms with E-state index in [1.54, 1.807) is 0 Å². The number of hydrogen-bond acceptors (Lipinski definition) is 2. The Hall–Kier alpha value is -1.17. The van der Waals surface area contributed by atoms with Gasteiger partial charge in [-0.15, -0.1) is 0 Å². The van der Waals surface area contributed by atoms with Gasteiger partial charge in [-0.3, -0.25) is 4.79 Å². The van der Waals surface area contributed by atoms with Gasteiger partial charge in [0.15, 0.2) is 0 Å². The lowest BCUT2D eigenvalue weighted by Gasteiger charge is -2.31. The van der Waals surface area contributed by atoms with E-state index in [9.17, 15) is 4.79 Å². The van der Waals surface area contributed by atoms with E-state index < -0.39 is 0 Å². The number of aromatic amines is 1. The minimum absolute atomic E-state index is 0.0281. The molecule has 0 fully saturated rings. The number of benzene rings is 1. The minimum atomic E-state index is -0.228. The molecule has 112 valence electrons. The van der Waals surface area contributed by atoms with Crippen molar-refractivity contribution >= 4 is 22.6 Å². The summed E-state index contributed by atoms with van der Waals surface area (Å²) >= 11 is 2.08. The number of hydrogen-bond donors (Lipinski definition) is 1. The lowest BCUT2D eigenvalue weighted by molar-refractivity contribution is 0.445. The predicted molar refractivity (Wildman–Crippen MR) is 94.8 cm³/mol. The second-order valence-electron chi connectivity index (χ2n) is 5.18. The van der Waals surface area contributed by atoms with Gasteiger partial charge in [0, 0.05) is 0 Å². The molecule has 21 heavy (non-hydrogen) atoms. The molecule has 0 aliphatic rings. The van der Waals surface area contributed by atoms with E-state index in [0.717, 1.165) is 30.8 Å². The van der Waals surface area contributed by atoms with Gasteiger partial charge < -0.3 is 4.98 Å². The van der Waals surface area contributed by atoms with E-state index in [1.165, 1.54) is 5.56 Å². The normalized spacial score (nSPS) is 11.6. The van der Waals surface area contributed by atoms with Crippen LogP contribution in [0.1, 0.15) is 50.7 Å². The topological polar surface area (TPSA) is 45.8 Å². The summed E-state index contributed by atoms with van der Waals surface area (Å²) in [4.78, 5) is 20.0. The van der Waals surface area contributed by atoms with Crippen LogP contribution >= 0.6 is 22.6 Å². The van der Waals surface area contributed by atoms with Gasteiger partial charge in [-0.25, -0.2) is 4.98 Å². The summed E-state index contributed by atoms with van der Waals surface area (Å²) in [6.07, 6.45) is 2.58. The molecule has 0 saturated carbocycles. The van der Waals surface area contributed by atoms with Gasteiger partial charge >= 0.3 is 0 Å². The Labute approximate surface area is 139 Å². The summed E-state index contributed by atoms with van der Waals surface area (Å²) in [6.45, 7) is 6.34. The fourth-order valence-electron chi connectivity index (χ4n) is 2.85. The summed E-state index contributed by atoms with van der Waals surface area (Å²) in [5.74, 6) is 0.793. The maximum Gasteiger partial charge on any atom is 0.264 e. The van der Waals surface area contributed by atoms with Gasteiger partial charge in [0.2, 0.25) is 0 Å². The molecule has 0 spiro atoms. The number of aryl methyl sites for hydroxylation is 1. The first-order valence-electron chi connectivity index (χ1n) is 7.43. The molecular weight excluding hydrogens is 375 g/mol. The molecule has 2 rings (SSSR count). The van der Waals surface area contributed by atoms with Crippen molar-refractivity contribution in [3.05, 3.63) is 61.3 Å². The molecule has 0 saturated heterocycles. The Morgan fingerprint density at radius 3 is 2.29 bits per heavy atom. The average Bonchev–Trinajstić information content (AvgIpc) is 2.53. The van der Waals surface area contributed by atoms with Crippen LogP contribution in [-0.4, -0.2) is 9.97 Å². The number of nitrogens with one attached hydrogen (secondary N) is 1. The Morgan fingerprint density at radius 2 is 1.76 bits per heavy atom. The number of nitrogens with zero attached hydrogens (tertiary/aromatic N) is 1. The molecule has 0 aliphatic heterocycles. The quantitative estimate of drug-likeness (QED) is 0.776. The minimum Gasteiger partial charge on any atom is -0.309 e. The smallest absolute Gasteiger partial charge is 0.264 e. The fraction of sp³-hybridized carbons (Fsp3) is 0.412. The number of rotatable bonds is 5. The van der Waals surface area contributed by atoms with Crippen molar-refractivity contribution < 1.29 is 0 Å². The molecule has 0 atom stereocenters. The first-order chi connectivity index (χ1) is 10.1. The van der Waals surface area contributed by atoms with Crippen LogP contribution in [0.2, 0.25) is 0 Å². The molecule has 0 unspecified atom stereocenters. The third-order valence-electron chi connectivity index (χ3n) is 4.25. The van der Waals surface area contributed by atoms with Crippen molar-refractivity contribution in [2.24, 2.45) is 0 Å². The predicted octanol–water partition coefficient (Wildman–Crippen LogP) is 4.04. The van der Waals surface area contributed by atoms with E-state index in [4.69, 9.17) is 4.98 Å². The van der Waals surface area contributed by atoms with Crippen LogP contribution in [-0.2, 0) is 11.8 Å². The second kappa shape index (κ2) is 6.73. The van der Waals surface area contributed by atoms with Gasteiger partial charge in [0.25, 0.3) is 5.56 Å². The molecule has 0 radical (unpaired) electrons. The molecule has 0 bridgehead atoms. The van der Waals surface area contributed by atoms with Gasteiger partial charge in [0.1, 0.15) is 5.82 Å². The highest BCUT2D eigenvalue weighted by molar-refractivity contribution is 14.1. The molecule has 1 N–H and O–H groups in total. The maximum atomic E-state index is 12.2. The Bertz CT molecular complexity index is 660. The summed E-state index contributed by atoms with van der Waals surface area (Å²) in [5.41, 5.74) is 1.84. The standard InChI is InChI=1S/C17H21IN2O/c1-4-13-14(18)15(21)20-16(19-13)17(5-2,6-3)12-10-8-7-9-11-12/h7-11H,4-6H2,1-3H3,(H,19,20,21). The van der Waals surface area contributed by atoms with Crippen molar-refractivity contribution in [3.63, 3.8) is 0 Å². The Balaban J connectivity index is 2.69. The van der Waals surface area contributed by atoms with Crippen LogP contribution in [0.4, 0.5) is 0 Å². The fourth-order valence-corrected chi connectivity index (χ4v) is 3.49. The van der Waals surface area contributed by atoms with E-state index in [1.807, 2.05) is 25.1 Å². The monoisotopic (exact) mass is 396 g/mol. The van der Waals surface area contributed by atoms with Gasteiger partial charge in [-0.1, -0.05) is 51.1 Å². The van der Waals surface area contributed by atoms with Crippen molar-refractivity contribution in [1.29, 1.82) is 0 Å². The molecule has 0 aliphatic carbocycles. The van der Waals surface area contributed by atoms with Crippen LogP contribution < -0.4 is 5.56 Å². The molecular formula is C17H21IN2O. The molecule has 3 nitrogen and oxygen atoms in total. The number of aromatic nitrogens is 2. The lowest BCUT2D eigenvalue weighted by atomic mass is 9.75. The number of H-pyrrole nitrogens is 1. The summed E-state index contributed by atoms with van der Waals surface area (Å²) in [7, 11) is 0. The largest absolute Gasteiger partial charge is 0.309 e. The molecule has 1 aromatic carbocycles. The van der Waals surface area contributed by atoms with E-state index >= 15 is 0 Å². The molecule has 4 heteroatoms. The van der Waals surface area contributed by atoms with Gasteiger partial charge in [0.05, 0.1) is 14.7 Å².